The maximum atomic E-state index is 12.9. The summed E-state index contributed by atoms with van der Waals surface area (Å²) in [6.45, 7) is 5.54. The zero-order chi connectivity index (χ0) is 15.5. The largest absolute Gasteiger partial charge is 0.340 e. The van der Waals surface area contributed by atoms with Gasteiger partial charge in [0.2, 0.25) is 5.91 Å². The topological polar surface area (TPSA) is 49.6 Å². The molecule has 2 rings (SSSR count). The van der Waals surface area contributed by atoms with Crippen molar-refractivity contribution in [2.24, 2.45) is 11.1 Å². The summed E-state index contributed by atoms with van der Waals surface area (Å²) in [7, 11) is 1.78. The molecule has 1 amide bonds. The van der Waals surface area contributed by atoms with Gasteiger partial charge in [-0.05, 0) is 42.6 Å². The first-order valence-electron chi connectivity index (χ1n) is 7.33. The van der Waals surface area contributed by atoms with Crippen LogP contribution < -0.4 is 5.73 Å². The molecular formula is C16H24FN3O. The van der Waals surface area contributed by atoms with Crippen LogP contribution in [0, 0.1) is 11.2 Å². The quantitative estimate of drug-likeness (QED) is 0.894. The molecule has 1 fully saturated rings. The molecule has 1 aliphatic rings. The molecule has 2 N–H and O–H groups in total. The molecule has 5 heteroatoms. The lowest BCUT2D eigenvalue weighted by Gasteiger charge is -2.24. The van der Waals surface area contributed by atoms with Crippen molar-refractivity contribution < 1.29 is 9.18 Å². The summed E-state index contributed by atoms with van der Waals surface area (Å²) in [5, 5.41) is 0. The van der Waals surface area contributed by atoms with Crippen LogP contribution in [-0.2, 0) is 11.3 Å². The summed E-state index contributed by atoms with van der Waals surface area (Å²) >= 11 is 0. The van der Waals surface area contributed by atoms with Gasteiger partial charge >= 0.3 is 0 Å². The molecule has 21 heavy (non-hydrogen) atoms. The number of carbonyl (C=O) groups is 1. The van der Waals surface area contributed by atoms with Crippen LogP contribution >= 0.6 is 0 Å². The Kier molecular flexibility index (Phi) is 4.96. The number of hydrogen-bond donors (Lipinski definition) is 1. The minimum atomic E-state index is -0.258. The summed E-state index contributed by atoms with van der Waals surface area (Å²) in [5.74, 6) is -0.175. The molecule has 0 aliphatic carbocycles. The number of likely N-dealkylation sites (N-methyl/N-ethyl adjacent to an activating group) is 1. The van der Waals surface area contributed by atoms with E-state index < -0.39 is 0 Å². The van der Waals surface area contributed by atoms with Crippen molar-refractivity contribution in [2.75, 3.05) is 33.2 Å². The fourth-order valence-electron chi connectivity index (χ4n) is 2.69. The van der Waals surface area contributed by atoms with Crippen LogP contribution in [0.2, 0.25) is 0 Å². The van der Waals surface area contributed by atoms with E-state index in [1.165, 1.54) is 12.1 Å². The average Bonchev–Trinajstić information content (AvgIpc) is 2.83. The molecule has 1 unspecified atom stereocenters. The minimum Gasteiger partial charge on any atom is -0.340 e. The van der Waals surface area contributed by atoms with Gasteiger partial charge in [-0.1, -0.05) is 19.1 Å². The first-order valence-corrected chi connectivity index (χ1v) is 7.33. The maximum absolute atomic E-state index is 12.9. The number of halogens is 1. The number of amides is 1. The summed E-state index contributed by atoms with van der Waals surface area (Å²) < 4.78 is 12.9. The van der Waals surface area contributed by atoms with E-state index in [1.54, 1.807) is 24.1 Å². The van der Waals surface area contributed by atoms with Crippen LogP contribution in [0.5, 0.6) is 0 Å². The van der Waals surface area contributed by atoms with E-state index in [4.69, 9.17) is 5.73 Å². The second-order valence-corrected chi connectivity index (χ2v) is 6.35. The van der Waals surface area contributed by atoms with E-state index in [9.17, 15) is 9.18 Å². The Labute approximate surface area is 125 Å². The van der Waals surface area contributed by atoms with Gasteiger partial charge in [-0.2, -0.15) is 0 Å². The zero-order valence-corrected chi connectivity index (χ0v) is 12.8. The standard InChI is InChI=1S/C16H24FN3O/c1-16(11-18)7-8-20(12-16)10-15(21)19(2)9-13-3-5-14(17)6-4-13/h3-6H,7-12,18H2,1-2H3. The number of carbonyl (C=O) groups excluding carboxylic acids is 1. The number of rotatable bonds is 5. The molecule has 1 aliphatic heterocycles. The second-order valence-electron chi connectivity index (χ2n) is 6.35. The van der Waals surface area contributed by atoms with E-state index in [0.717, 1.165) is 25.1 Å². The van der Waals surface area contributed by atoms with Crippen LogP contribution in [0.15, 0.2) is 24.3 Å². The molecule has 0 radical (unpaired) electrons. The van der Waals surface area contributed by atoms with Crippen molar-refractivity contribution in [2.45, 2.75) is 19.9 Å². The van der Waals surface area contributed by atoms with Crippen molar-refractivity contribution in [3.05, 3.63) is 35.6 Å². The average molecular weight is 293 g/mol. The number of hydrogen-bond acceptors (Lipinski definition) is 3. The smallest absolute Gasteiger partial charge is 0.236 e. The Morgan fingerprint density at radius 3 is 2.67 bits per heavy atom. The maximum Gasteiger partial charge on any atom is 0.236 e. The highest BCUT2D eigenvalue weighted by Crippen LogP contribution is 2.28. The van der Waals surface area contributed by atoms with Crippen LogP contribution in [0.1, 0.15) is 18.9 Å². The molecule has 0 bridgehead atoms. The van der Waals surface area contributed by atoms with Crippen molar-refractivity contribution in [3.63, 3.8) is 0 Å². The third-order valence-electron chi connectivity index (χ3n) is 4.25. The monoisotopic (exact) mass is 293 g/mol. The number of nitrogens with two attached hydrogens (primary N) is 1. The van der Waals surface area contributed by atoms with Crippen molar-refractivity contribution in [3.8, 4) is 0 Å². The highest BCUT2D eigenvalue weighted by atomic mass is 19.1. The van der Waals surface area contributed by atoms with Crippen LogP contribution in [0.25, 0.3) is 0 Å². The molecule has 0 saturated carbocycles. The Bertz CT molecular complexity index is 491. The molecule has 1 saturated heterocycles. The summed E-state index contributed by atoms with van der Waals surface area (Å²) in [6.07, 6.45) is 1.04. The van der Waals surface area contributed by atoms with Crippen LogP contribution in [-0.4, -0.2) is 48.9 Å². The lowest BCUT2D eigenvalue weighted by molar-refractivity contribution is -0.131. The van der Waals surface area contributed by atoms with Crippen molar-refractivity contribution in [1.82, 2.24) is 9.80 Å². The molecule has 116 valence electrons. The van der Waals surface area contributed by atoms with Gasteiger partial charge in [-0.3, -0.25) is 9.69 Å². The summed E-state index contributed by atoms with van der Waals surface area (Å²) in [6, 6.07) is 6.25. The van der Waals surface area contributed by atoms with Gasteiger partial charge in [0, 0.05) is 20.1 Å². The van der Waals surface area contributed by atoms with Gasteiger partial charge in [0.05, 0.1) is 6.54 Å². The van der Waals surface area contributed by atoms with Gasteiger partial charge in [-0.15, -0.1) is 0 Å². The first-order chi connectivity index (χ1) is 9.92. The van der Waals surface area contributed by atoms with Gasteiger partial charge in [0.25, 0.3) is 0 Å². The van der Waals surface area contributed by atoms with Crippen LogP contribution in [0.4, 0.5) is 4.39 Å². The van der Waals surface area contributed by atoms with Crippen molar-refractivity contribution in [1.29, 1.82) is 0 Å². The SMILES string of the molecule is CN(Cc1ccc(F)cc1)C(=O)CN1CCC(C)(CN)C1. The second kappa shape index (κ2) is 6.54. The van der Waals surface area contributed by atoms with E-state index in [-0.39, 0.29) is 17.1 Å². The normalized spacial score (nSPS) is 22.5. The summed E-state index contributed by atoms with van der Waals surface area (Å²) in [4.78, 5) is 16.1. The van der Waals surface area contributed by atoms with Gasteiger partial charge in [0.1, 0.15) is 5.82 Å². The van der Waals surface area contributed by atoms with Crippen LogP contribution in [0.3, 0.4) is 0 Å². The van der Waals surface area contributed by atoms with Gasteiger partial charge < -0.3 is 10.6 Å². The Morgan fingerprint density at radius 1 is 1.43 bits per heavy atom. The van der Waals surface area contributed by atoms with E-state index >= 15 is 0 Å². The number of likely N-dealkylation sites (tertiary alicyclic amines) is 1. The third-order valence-corrected chi connectivity index (χ3v) is 4.25. The third kappa shape index (κ3) is 4.25. The number of benzene rings is 1. The van der Waals surface area contributed by atoms with Crippen molar-refractivity contribution >= 4 is 5.91 Å². The Hall–Kier alpha value is -1.46. The molecular weight excluding hydrogens is 269 g/mol. The Balaban J connectivity index is 1.84. The molecule has 4 nitrogen and oxygen atoms in total. The molecule has 0 spiro atoms. The first kappa shape index (κ1) is 15.9. The zero-order valence-electron chi connectivity index (χ0n) is 12.8. The van der Waals surface area contributed by atoms with Gasteiger partial charge in [0.15, 0.2) is 0 Å². The predicted octanol–water partition coefficient (Wildman–Crippen LogP) is 1.45. The van der Waals surface area contributed by atoms with E-state index in [1.807, 2.05) is 0 Å². The molecule has 1 aromatic rings. The number of nitrogens with zero attached hydrogens (tertiary/aromatic N) is 2. The molecule has 1 atom stereocenters. The molecule has 0 aromatic heterocycles. The molecule has 1 heterocycles. The fourth-order valence-corrected chi connectivity index (χ4v) is 2.69. The molecule has 1 aromatic carbocycles. The fraction of sp³-hybridized carbons (Fsp3) is 0.562. The minimum absolute atomic E-state index is 0.0839. The van der Waals surface area contributed by atoms with Gasteiger partial charge in [-0.25, -0.2) is 4.39 Å². The Morgan fingerprint density at radius 2 is 2.10 bits per heavy atom. The van der Waals surface area contributed by atoms with E-state index in [2.05, 4.69) is 11.8 Å². The van der Waals surface area contributed by atoms with E-state index in [0.29, 0.717) is 19.6 Å². The predicted molar refractivity (Wildman–Crippen MR) is 81.1 cm³/mol. The lowest BCUT2D eigenvalue weighted by Crippen LogP contribution is -2.39. The highest BCUT2D eigenvalue weighted by Gasteiger charge is 2.33. The summed E-state index contributed by atoms with van der Waals surface area (Å²) in [5.41, 5.74) is 6.85. The lowest BCUT2D eigenvalue weighted by atomic mass is 9.90. The highest BCUT2D eigenvalue weighted by molar-refractivity contribution is 5.78.